The molecule has 0 aliphatic rings. The van der Waals surface area contributed by atoms with Crippen molar-refractivity contribution in [3.05, 3.63) is 29.6 Å². The first-order valence-electron chi connectivity index (χ1n) is 4.57. The Morgan fingerprint density at radius 1 is 1.29 bits per heavy atom. The molecule has 17 heavy (non-hydrogen) atoms. The number of hydrogen-bond acceptors (Lipinski definition) is 3. The first-order valence-corrected chi connectivity index (χ1v) is 6.05. The van der Waals surface area contributed by atoms with Crippen molar-refractivity contribution in [1.82, 2.24) is 4.72 Å². The molecule has 8 heteroatoms. The molecule has 1 aromatic carbocycles. The Morgan fingerprint density at radius 2 is 1.88 bits per heavy atom. The minimum Gasteiger partial charge on any atom is -0.392 e. The quantitative estimate of drug-likeness (QED) is 0.793. The van der Waals surface area contributed by atoms with E-state index in [9.17, 15) is 21.6 Å². The molecule has 96 valence electrons. The summed E-state index contributed by atoms with van der Waals surface area (Å²) in [6.07, 6.45) is -0.988. The maximum absolute atomic E-state index is 13.2. The van der Waals surface area contributed by atoms with Crippen LogP contribution in [0.4, 0.5) is 13.2 Å². The molecule has 0 aliphatic carbocycles. The predicted molar refractivity (Wildman–Crippen MR) is 53.2 cm³/mol. The Hall–Kier alpha value is -1.12. The molecule has 0 unspecified atom stereocenters. The van der Waals surface area contributed by atoms with Crippen LogP contribution in [0.1, 0.15) is 6.92 Å². The van der Waals surface area contributed by atoms with Crippen molar-refractivity contribution in [2.45, 2.75) is 17.9 Å². The predicted octanol–water partition coefficient (Wildman–Crippen LogP) is 0.763. The molecular weight excluding hydrogens is 259 g/mol. The highest BCUT2D eigenvalue weighted by molar-refractivity contribution is 7.89. The number of hydrogen-bond donors (Lipinski definition) is 2. The molecule has 0 heterocycles. The van der Waals surface area contributed by atoms with E-state index in [4.69, 9.17) is 5.11 Å². The van der Waals surface area contributed by atoms with Gasteiger partial charge in [0.25, 0.3) is 0 Å². The lowest BCUT2D eigenvalue weighted by atomic mass is 10.3. The third-order valence-electron chi connectivity index (χ3n) is 1.86. The van der Waals surface area contributed by atoms with E-state index in [2.05, 4.69) is 0 Å². The zero-order valence-electron chi connectivity index (χ0n) is 8.75. The van der Waals surface area contributed by atoms with E-state index in [-0.39, 0.29) is 6.54 Å². The monoisotopic (exact) mass is 269 g/mol. The van der Waals surface area contributed by atoms with Gasteiger partial charge in [-0.2, -0.15) is 0 Å². The van der Waals surface area contributed by atoms with Gasteiger partial charge in [0.2, 0.25) is 10.0 Å². The fraction of sp³-hybridized carbons (Fsp3) is 0.333. The SMILES string of the molecule is C[C@H](O)CNS(=O)(=O)c1ccc(F)c(F)c1F. The van der Waals surface area contributed by atoms with Gasteiger partial charge in [-0.25, -0.2) is 26.3 Å². The molecule has 1 atom stereocenters. The Labute approximate surface area is 96.1 Å². The summed E-state index contributed by atoms with van der Waals surface area (Å²) >= 11 is 0. The van der Waals surface area contributed by atoms with E-state index in [1.807, 2.05) is 4.72 Å². The number of rotatable bonds is 4. The van der Waals surface area contributed by atoms with Crippen LogP contribution in [-0.4, -0.2) is 26.2 Å². The summed E-state index contributed by atoms with van der Waals surface area (Å²) in [6, 6.07) is 1.12. The van der Waals surface area contributed by atoms with Crippen LogP contribution in [0.15, 0.2) is 17.0 Å². The molecule has 0 aliphatic heterocycles. The summed E-state index contributed by atoms with van der Waals surface area (Å²) in [6.45, 7) is 0.949. The molecule has 0 saturated carbocycles. The van der Waals surface area contributed by atoms with E-state index in [1.165, 1.54) is 6.92 Å². The van der Waals surface area contributed by atoms with Crippen molar-refractivity contribution in [1.29, 1.82) is 0 Å². The molecule has 0 saturated heterocycles. The van der Waals surface area contributed by atoms with Gasteiger partial charge in [-0.1, -0.05) is 0 Å². The second kappa shape index (κ2) is 5.03. The highest BCUT2D eigenvalue weighted by atomic mass is 32.2. The second-order valence-corrected chi connectivity index (χ2v) is 5.11. The smallest absolute Gasteiger partial charge is 0.243 e. The van der Waals surface area contributed by atoms with Gasteiger partial charge in [0, 0.05) is 6.54 Å². The highest BCUT2D eigenvalue weighted by Crippen LogP contribution is 2.19. The summed E-state index contributed by atoms with van der Waals surface area (Å²) < 4.78 is 63.4. The van der Waals surface area contributed by atoms with Crippen LogP contribution in [0.5, 0.6) is 0 Å². The van der Waals surface area contributed by atoms with E-state index in [0.717, 1.165) is 0 Å². The molecule has 1 aromatic rings. The minimum absolute atomic E-state index is 0.360. The van der Waals surface area contributed by atoms with Crippen molar-refractivity contribution < 1.29 is 26.7 Å². The topological polar surface area (TPSA) is 66.4 Å². The summed E-state index contributed by atoms with van der Waals surface area (Å²) in [5.41, 5.74) is 0. The summed E-state index contributed by atoms with van der Waals surface area (Å²) in [5, 5.41) is 8.88. The van der Waals surface area contributed by atoms with Crippen molar-refractivity contribution in [2.75, 3.05) is 6.54 Å². The molecule has 0 radical (unpaired) electrons. The first-order chi connectivity index (χ1) is 7.75. The summed E-state index contributed by atoms with van der Waals surface area (Å²) in [4.78, 5) is -1.00. The lowest BCUT2D eigenvalue weighted by Crippen LogP contribution is -2.31. The van der Waals surface area contributed by atoms with Gasteiger partial charge in [0.05, 0.1) is 6.10 Å². The maximum Gasteiger partial charge on any atom is 0.243 e. The standard InChI is InChI=1S/C9H10F3NO3S/c1-5(14)4-13-17(15,16)7-3-2-6(10)8(11)9(7)12/h2-3,5,13-14H,4H2,1H3/t5-/m0/s1. The van der Waals surface area contributed by atoms with E-state index >= 15 is 0 Å². The molecule has 1 rings (SSSR count). The normalized spacial score (nSPS) is 13.7. The van der Waals surface area contributed by atoms with E-state index < -0.39 is 38.5 Å². The highest BCUT2D eigenvalue weighted by Gasteiger charge is 2.23. The van der Waals surface area contributed by atoms with Gasteiger partial charge in [-0.3, -0.25) is 0 Å². The van der Waals surface area contributed by atoms with Crippen LogP contribution in [-0.2, 0) is 10.0 Å². The lowest BCUT2D eigenvalue weighted by molar-refractivity contribution is 0.198. The number of nitrogens with one attached hydrogen (secondary N) is 1. The number of sulfonamides is 1. The Bertz CT molecular complexity index is 516. The number of halogens is 3. The third kappa shape index (κ3) is 3.18. The molecule has 0 bridgehead atoms. The third-order valence-corrected chi connectivity index (χ3v) is 3.30. The molecule has 4 nitrogen and oxygen atoms in total. The molecule has 0 amide bonds. The van der Waals surface area contributed by atoms with Crippen molar-refractivity contribution in [3.8, 4) is 0 Å². The largest absolute Gasteiger partial charge is 0.392 e. The zero-order valence-corrected chi connectivity index (χ0v) is 9.56. The Morgan fingerprint density at radius 3 is 2.41 bits per heavy atom. The van der Waals surface area contributed by atoms with Gasteiger partial charge in [-0.05, 0) is 19.1 Å². The van der Waals surface area contributed by atoms with Crippen molar-refractivity contribution in [2.24, 2.45) is 0 Å². The van der Waals surface area contributed by atoms with Gasteiger partial charge in [-0.15, -0.1) is 0 Å². The number of aliphatic hydroxyl groups excluding tert-OH is 1. The molecule has 0 aromatic heterocycles. The minimum atomic E-state index is -4.32. The molecule has 2 N–H and O–H groups in total. The maximum atomic E-state index is 13.2. The van der Waals surface area contributed by atoms with Crippen LogP contribution in [0.3, 0.4) is 0 Å². The molecular formula is C9H10F3NO3S. The van der Waals surface area contributed by atoms with Crippen LogP contribution >= 0.6 is 0 Å². The fourth-order valence-corrected chi connectivity index (χ4v) is 2.21. The fourth-order valence-electron chi connectivity index (χ4n) is 1.02. The van der Waals surface area contributed by atoms with Crippen LogP contribution in [0, 0.1) is 17.5 Å². The zero-order chi connectivity index (χ0) is 13.2. The Kier molecular flexibility index (Phi) is 4.12. The van der Waals surface area contributed by atoms with Crippen molar-refractivity contribution in [3.63, 3.8) is 0 Å². The van der Waals surface area contributed by atoms with Gasteiger partial charge in [0.15, 0.2) is 17.5 Å². The van der Waals surface area contributed by atoms with Crippen LogP contribution < -0.4 is 4.72 Å². The van der Waals surface area contributed by atoms with E-state index in [0.29, 0.717) is 12.1 Å². The Balaban J connectivity index is 3.12. The number of benzene rings is 1. The van der Waals surface area contributed by atoms with E-state index in [1.54, 1.807) is 0 Å². The van der Waals surface area contributed by atoms with Crippen LogP contribution in [0.2, 0.25) is 0 Å². The lowest BCUT2D eigenvalue weighted by Gasteiger charge is -2.09. The average molecular weight is 269 g/mol. The number of aliphatic hydroxyl groups is 1. The second-order valence-electron chi connectivity index (χ2n) is 3.37. The van der Waals surface area contributed by atoms with Crippen molar-refractivity contribution >= 4 is 10.0 Å². The first kappa shape index (κ1) is 13.9. The molecule has 0 spiro atoms. The molecule has 0 fully saturated rings. The van der Waals surface area contributed by atoms with Crippen LogP contribution in [0.25, 0.3) is 0 Å². The van der Waals surface area contributed by atoms with Gasteiger partial charge < -0.3 is 5.11 Å². The summed E-state index contributed by atoms with van der Waals surface area (Å²) in [5.74, 6) is -5.12. The van der Waals surface area contributed by atoms with Gasteiger partial charge in [0.1, 0.15) is 4.90 Å². The average Bonchev–Trinajstić information content (AvgIpc) is 2.23. The van der Waals surface area contributed by atoms with Gasteiger partial charge >= 0.3 is 0 Å². The summed E-state index contributed by atoms with van der Waals surface area (Å²) in [7, 11) is -4.32.